The number of benzene rings is 1. The second-order valence-corrected chi connectivity index (χ2v) is 3.54. The first-order chi connectivity index (χ1) is 8.59. The molecule has 0 amide bonds. The van der Waals surface area contributed by atoms with Crippen LogP contribution < -0.4 is 0 Å². The summed E-state index contributed by atoms with van der Waals surface area (Å²) in [4.78, 5) is 21.9. The van der Waals surface area contributed by atoms with Crippen LogP contribution in [0.2, 0.25) is 0 Å². The van der Waals surface area contributed by atoms with Gasteiger partial charge in [0.05, 0.1) is 6.20 Å². The molecule has 7 heteroatoms. The van der Waals surface area contributed by atoms with Crippen molar-refractivity contribution < 1.29 is 19.8 Å². The lowest BCUT2D eigenvalue weighted by molar-refractivity contribution is -0.139. The van der Waals surface area contributed by atoms with E-state index in [1.807, 2.05) is 0 Å². The minimum atomic E-state index is -1.25. The quantitative estimate of drug-likeness (QED) is 0.821. The zero-order valence-electron chi connectivity index (χ0n) is 9.09. The first-order valence-corrected chi connectivity index (χ1v) is 5.02. The number of aliphatic carboxylic acids is 1. The van der Waals surface area contributed by atoms with Crippen LogP contribution in [0.15, 0.2) is 36.5 Å². The van der Waals surface area contributed by atoms with Gasteiger partial charge in [-0.25, -0.2) is 14.3 Å². The lowest BCUT2D eigenvalue weighted by Crippen LogP contribution is -2.20. The molecule has 1 aromatic carbocycles. The first kappa shape index (κ1) is 11.8. The van der Waals surface area contributed by atoms with Crippen LogP contribution in [-0.2, 0) is 4.79 Å². The minimum absolute atomic E-state index is 0.294. The lowest BCUT2D eigenvalue weighted by atomic mass is 10.1. The normalized spacial score (nSPS) is 12.0. The van der Waals surface area contributed by atoms with Crippen molar-refractivity contribution >= 4 is 11.9 Å². The predicted molar refractivity (Wildman–Crippen MR) is 59.2 cm³/mol. The largest absolute Gasteiger partial charge is 0.479 e. The zero-order chi connectivity index (χ0) is 13.1. The van der Waals surface area contributed by atoms with Crippen molar-refractivity contribution in [1.82, 2.24) is 15.0 Å². The Morgan fingerprint density at radius 1 is 1.17 bits per heavy atom. The number of carboxylic acids is 2. The summed E-state index contributed by atoms with van der Waals surface area (Å²) in [5, 5.41) is 24.9. The molecule has 92 valence electrons. The molecule has 18 heavy (non-hydrogen) atoms. The number of carboxylic acid groups (broad SMARTS) is 2. The van der Waals surface area contributed by atoms with Crippen molar-refractivity contribution in [3.63, 3.8) is 0 Å². The fraction of sp³-hybridized carbons (Fsp3) is 0.0909. The van der Waals surface area contributed by atoms with Crippen LogP contribution in [0.1, 0.15) is 22.1 Å². The van der Waals surface area contributed by atoms with Crippen molar-refractivity contribution in [2.75, 3.05) is 0 Å². The Balaban J connectivity index is 2.42. The van der Waals surface area contributed by atoms with Crippen LogP contribution in [0.5, 0.6) is 0 Å². The summed E-state index contributed by atoms with van der Waals surface area (Å²) in [6.45, 7) is 0. The molecule has 0 fully saturated rings. The van der Waals surface area contributed by atoms with Gasteiger partial charge in [0.25, 0.3) is 0 Å². The number of hydrogen-bond donors (Lipinski definition) is 2. The fourth-order valence-electron chi connectivity index (χ4n) is 1.54. The Morgan fingerprint density at radius 2 is 1.83 bits per heavy atom. The second kappa shape index (κ2) is 4.66. The van der Waals surface area contributed by atoms with Gasteiger partial charge < -0.3 is 10.2 Å². The molecular formula is C11H9N3O4. The number of nitrogens with zero attached hydrogens (tertiary/aromatic N) is 3. The van der Waals surface area contributed by atoms with Gasteiger partial charge in [0.2, 0.25) is 0 Å². The lowest BCUT2D eigenvalue weighted by Gasteiger charge is -2.11. The molecule has 0 aliphatic rings. The van der Waals surface area contributed by atoms with E-state index in [4.69, 9.17) is 5.11 Å². The third-order valence-electron chi connectivity index (χ3n) is 2.34. The summed E-state index contributed by atoms with van der Waals surface area (Å²) in [7, 11) is 0. The molecule has 2 rings (SSSR count). The van der Waals surface area contributed by atoms with Gasteiger partial charge in [0, 0.05) is 0 Å². The fourth-order valence-corrected chi connectivity index (χ4v) is 1.54. The molecule has 0 saturated carbocycles. The minimum Gasteiger partial charge on any atom is -0.479 e. The van der Waals surface area contributed by atoms with Crippen LogP contribution in [0, 0.1) is 0 Å². The van der Waals surface area contributed by atoms with E-state index in [1.165, 1.54) is 0 Å². The van der Waals surface area contributed by atoms with Gasteiger partial charge >= 0.3 is 11.9 Å². The molecule has 0 aliphatic heterocycles. The summed E-state index contributed by atoms with van der Waals surface area (Å²) in [5.74, 6) is -2.39. The molecule has 0 radical (unpaired) electrons. The number of carbonyl (C=O) groups is 2. The Morgan fingerprint density at radius 3 is 2.33 bits per heavy atom. The summed E-state index contributed by atoms with van der Waals surface area (Å²) >= 11 is 0. The molecule has 1 unspecified atom stereocenters. The summed E-state index contributed by atoms with van der Waals surface area (Å²) in [5.41, 5.74) is 0.198. The average Bonchev–Trinajstić information content (AvgIpc) is 2.79. The Hall–Kier alpha value is -2.70. The van der Waals surface area contributed by atoms with E-state index in [1.54, 1.807) is 30.3 Å². The van der Waals surface area contributed by atoms with Crippen LogP contribution in [0.25, 0.3) is 0 Å². The molecule has 2 N–H and O–H groups in total. The van der Waals surface area contributed by atoms with E-state index in [2.05, 4.69) is 10.3 Å². The molecule has 2 aromatic rings. The Kier molecular flexibility index (Phi) is 3.05. The number of hydrogen-bond acceptors (Lipinski definition) is 4. The number of aromatic nitrogens is 3. The monoisotopic (exact) mass is 247 g/mol. The molecule has 7 nitrogen and oxygen atoms in total. The second-order valence-electron chi connectivity index (χ2n) is 3.54. The van der Waals surface area contributed by atoms with Gasteiger partial charge in [0.15, 0.2) is 11.7 Å². The topological polar surface area (TPSA) is 105 Å². The van der Waals surface area contributed by atoms with Crippen LogP contribution in [0.4, 0.5) is 0 Å². The molecule has 0 saturated heterocycles. The van der Waals surface area contributed by atoms with E-state index < -0.39 is 18.0 Å². The van der Waals surface area contributed by atoms with Crippen molar-refractivity contribution in [2.45, 2.75) is 6.04 Å². The average molecular weight is 247 g/mol. The van der Waals surface area contributed by atoms with Gasteiger partial charge in [-0.1, -0.05) is 35.5 Å². The summed E-state index contributed by atoms with van der Waals surface area (Å²) in [6.07, 6.45) is 1.09. The van der Waals surface area contributed by atoms with Gasteiger partial charge in [-0.2, -0.15) is 0 Å². The van der Waals surface area contributed by atoms with Gasteiger partial charge in [-0.05, 0) is 5.56 Å². The first-order valence-electron chi connectivity index (χ1n) is 5.02. The third-order valence-corrected chi connectivity index (χ3v) is 2.34. The van der Waals surface area contributed by atoms with Crippen molar-refractivity contribution in [3.8, 4) is 0 Å². The van der Waals surface area contributed by atoms with E-state index >= 15 is 0 Å². The molecule has 1 aromatic heterocycles. The highest BCUT2D eigenvalue weighted by Crippen LogP contribution is 2.17. The van der Waals surface area contributed by atoms with E-state index in [0.717, 1.165) is 10.9 Å². The maximum atomic E-state index is 11.2. The van der Waals surface area contributed by atoms with Crippen LogP contribution >= 0.6 is 0 Å². The SMILES string of the molecule is O=C(O)c1cn(C(C(=O)O)c2ccccc2)nn1. The molecule has 0 aliphatic carbocycles. The molecular weight excluding hydrogens is 238 g/mol. The standard InChI is InChI=1S/C11H9N3O4/c15-10(16)8-6-14(13-12-8)9(11(17)18)7-4-2-1-3-5-7/h1-6,9H,(H,15,16)(H,17,18). The van der Waals surface area contributed by atoms with E-state index in [9.17, 15) is 14.7 Å². The van der Waals surface area contributed by atoms with Gasteiger partial charge in [-0.3, -0.25) is 0 Å². The zero-order valence-corrected chi connectivity index (χ0v) is 9.09. The van der Waals surface area contributed by atoms with E-state index in [-0.39, 0.29) is 5.69 Å². The number of rotatable bonds is 4. The van der Waals surface area contributed by atoms with Gasteiger partial charge in [-0.15, -0.1) is 5.10 Å². The molecule has 1 heterocycles. The highest BCUT2D eigenvalue weighted by atomic mass is 16.4. The van der Waals surface area contributed by atoms with Crippen molar-refractivity contribution in [1.29, 1.82) is 0 Å². The third kappa shape index (κ3) is 2.19. The Bertz CT molecular complexity index is 579. The van der Waals surface area contributed by atoms with Crippen molar-refractivity contribution in [2.24, 2.45) is 0 Å². The number of aromatic carboxylic acids is 1. The maximum absolute atomic E-state index is 11.2. The maximum Gasteiger partial charge on any atom is 0.358 e. The molecule has 0 bridgehead atoms. The van der Waals surface area contributed by atoms with Crippen LogP contribution in [0.3, 0.4) is 0 Å². The van der Waals surface area contributed by atoms with Crippen molar-refractivity contribution in [3.05, 3.63) is 47.8 Å². The summed E-state index contributed by atoms with van der Waals surface area (Å²) < 4.78 is 1.01. The predicted octanol–water partition coefficient (Wildman–Crippen LogP) is 0.650. The molecule has 0 spiro atoms. The van der Waals surface area contributed by atoms with Gasteiger partial charge in [0.1, 0.15) is 0 Å². The molecule has 1 atom stereocenters. The highest BCUT2D eigenvalue weighted by molar-refractivity contribution is 5.85. The Labute approximate surface area is 101 Å². The smallest absolute Gasteiger partial charge is 0.358 e. The highest BCUT2D eigenvalue weighted by Gasteiger charge is 2.24. The van der Waals surface area contributed by atoms with Crippen LogP contribution in [-0.4, -0.2) is 37.1 Å². The summed E-state index contributed by atoms with van der Waals surface area (Å²) in [6, 6.07) is 7.31. The van der Waals surface area contributed by atoms with E-state index in [0.29, 0.717) is 5.56 Å².